The van der Waals surface area contributed by atoms with Crippen molar-refractivity contribution in [2.75, 3.05) is 0 Å². The van der Waals surface area contributed by atoms with E-state index < -0.39 is 0 Å². The van der Waals surface area contributed by atoms with E-state index in [1.54, 1.807) is 0 Å². The highest BCUT2D eigenvalue weighted by Crippen LogP contribution is 2.41. The van der Waals surface area contributed by atoms with Crippen molar-refractivity contribution in [2.45, 2.75) is 105 Å². The molecule has 0 atom stereocenters. The van der Waals surface area contributed by atoms with Crippen LogP contribution in [0.4, 0.5) is 0 Å². The summed E-state index contributed by atoms with van der Waals surface area (Å²) < 4.78 is 12.3. The average molecular weight is 478 g/mol. The number of benzene rings is 2. The van der Waals surface area contributed by atoms with Gasteiger partial charge in [-0.3, -0.25) is 0 Å². The molecule has 0 aliphatic heterocycles. The topological polar surface area (TPSA) is 18.5 Å². The van der Waals surface area contributed by atoms with Gasteiger partial charge >= 0.3 is 9.03 Å². The maximum atomic E-state index is 6.15. The largest absolute Gasteiger partial charge is 0.431 e. The molecule has 0 aliphatic rings. The van der Waals surface area contributed by atoms with Crippen molar-refractivity contribution in [3.63, 3.8) is 0 Å². The zero-order chi connectivity index (χ0) is 23.8. The zero-order valence-electron chi connectivity index (χ0n) is 22.1. The maximum absolute atomic E-state index is 6.15. The standard InChI is InChI=1S/C28H42O2P.ClH/c1-25(2,3)19-13-15-23(21(17-19)27(7,8)9)29-31-30-24-16-14-20(26(4,5)6)18-22(24)28(10,11)12;/h13-18H,1-12H3;1H. The second-order valence-corrected chi connectivity index (χ2v) is 13.2. The van der Waals surface area contributed by atoms with Gasteiger partial charge in [0, 0.05) is 11.1 Å². The van der Waals surface area contributed by atoms with Crippen molar-refractivity contribution in [1.82, 2.24) is 0 Å². The Labute approximate surface area is 205 Å². The second kappa shape index (κ2) is 9.94. The minimum Gasteiger partial charge on any atom is -0.431 e. The Morgan fingerprint density at radius 3 is 1.06 bits per heavy atom. The van der Waals surface area contributed by atoms with Crippen LogP contribution in [-0.2, 0) is 21.7 Å². The summed E-state index contributed by atoms with van der Waals surface area (Å²) in [5.41, 5.74) is 5.20. The quantitative estimate of drug-likeness (QED) is 0.408. The highest BCUT2D eigenvalue weighted by molar-refractivity contribution is 7.27. The SMILES string of the molecule is CC(C)(C)c1ccc(O[P]Oc2ccc(C(C)(C)C)cc2C(C)(C)C)c(C(C)(C)C)c1.Cl. The molecule has 0 saturated heterocycles. The molecule has 2 aromatic rings. The summed E-state index contributed by atoms with van der Waals surface area (Å²) in [6.45, 7) is 26.8. The summed E-state index contributed by atoms with van der Waals surface area (Å²) in [5.74, 6) is 1.76. The first-order valence-electron chi connectivity index (χ1n) is 11.2. The van der Waals surface area contributed by atoms with Crippen LogP contribution in [-0.4, -0.2) is 0 Å². The minimum atomic E-state index is -0.0168. The van der Waals surface area contributed by atoms with Gasteiger partial charge in [0.2, 0.25) is 0 Å². The van der Waals surface area contributed by atoms with Gasteiger partial charge < -0.3 is 9.05 Å². The summed E-state index contributed by atoms with van der Waals surface area (Å²) >= 11 is 0. The summed E-state index contributed by atoms with van der Waals surface area (Å²) in [4.78, 5) is 0. The normalized spacial score (nSPS) is 12.9. The van der Waals surface area contributed by atoms with E-state index in [1.165, 1.54) is 22.3 Å². The summed E-state index contributed by atoms with van der Waals surface area (Å²) in [5, 5.41) is 0. The van der Waals surface area contributed by atoms with E-state index in [0.717, 1.165) is 11.5 Å². The lowest BCUT2D eigenvalue weighted by molar-refractivity contribution is 0.476. The molecule has 179 valence electrons. The van der Waals surface area contributed by atoms with E-state index in [1.807, 2.05) is 0 Å². The minimum absolute atomic E-state index is 0. The van der Waals surface area contributed by atoms with Crippen molar-refractivity contribution in [1.29, 1.82) is 0 Å². The third-order valence-corrected chi connectivity index (χ3v) is 6.12. The zero-order valence-corrected chi connectivity index (χ0v) is 23.8. The Kier molecular flexibility index (Phi) is 8.94. The molecule has 0 fully saturated rings. The van der Waals surface area contributed by atoms with Gasteiger partial charge in [-0.25, -0.2) is 0 Å². The molecule has 2 rings (SSSR count). The molecule has 0 amide bonds. The number of hydrogen-bond donors (Lipinski definition) is 0. The molecule has 0 heterocycles. The van der Waals surface area contributed by atoms with Crippen molar-refractivity contribution in [3.8, 4) is 11.5 Å². The van der Waals surface area contributed by atoms with Gasteiger partial charge in [-0.1, -0.05) is 107 Å². The molecular weight excluding hydrogens is 435 g/mol. The molecule has 32 heavy (non-hydrogen) atoms. The van der Waals surface area contributed by atoms with Crippen LogP contribution in [0.3, 0.4) is 0 Å². The predicted octanol–water partition coefficient (Wildman–Crippen LogP) is 9.53. The highest BCUT2D eigenvalue weighted by Gasteiger charge is 2.25. The maximum Gasteiger partial charge on any atom is 0.405 e. The molecule has 4 heteroatoms. The first-order chi connectivity index (χ1) is 13.9. The van der Waals surface area contributed by atoms with E-state index in [9.17, 15) is 0 Å². The Hall–Kier alpha value is -1.24. The fourth-order valence-corrected chi connectivity index (χ4v) is 3.94. The van der Waals surface area contributed by atoms with Gasteiger partial charge in [0.25, 0.3) is 0 Å². The lowest BCUT2D eigenvalue weighted by atomic mass is 9.80. The molecule has 1 radical (unpaired) electrons. The number of halogens is 1. The van der Waals surface area contributed by atoms with E-state index in [4.69, 9.17) is 9.05 Å². The van der Waals surface area contributed by atoms with Crippen LogP contribution in [0.5, 0.6) is 11.5 Å². The Bertz CT molecular complexity index is 831. The molecule has 0 N–H and O–H groups in total. The molecular formula is C28H43ClO2P. The fraction of sp³-hybridized carbons (Fsp3) is 0.571. The molecule has 2 aromatic carbocycles. The molecule has 0 spiro atoms. The molecule has 2 nitrogen and oxygen atoms in total. The van der Waals surface area contributed by atoms with Crippen LogP contribution < -0.4 is 9.05 Å². The fourth-order valence-electron chi connectivity index (χ4n) is 3.42. The molecule has 0 bridgehead atoms. The lowest BCUT2D eigenvalue weighted by Crippen LogP contribution is -2.17. The van der Waals surface area contributed by atoms with Crippen LogP contribution in [0.2, 0.25) is 0 Å². The highest BCUT2D eigenvalue weighted by atomic mass is 35.5. The predicted molar refractivity (Wildman–Crippen MR) is 143 cm³/mol. The van der Waals surface area contributed by atoms with Crippen LogP contribution in [0.15, 0.2) is 36.4 Å². The van der Waals surface area contributed by atoms with Gasteiger partial charge in [-0.15, -0.1) is 12.4 Å². The third-order valence-electron chi connectivity index (χ3n) is 5.58. The Morgan fingerprint density at radius 2 is 0.812 bits per heavy atom. The Morgan fingerprint density at radius 1 is 0.500 bits per heavy atom. The summed E-state index contributed by atoms with van der Waals surface area (Å²) in [7, 11) is 0.476. The molecule has 0 aliphatic carbocycles. The van der Waals surface area contributed by atoms with Crippen molar-refractivity contribution >= 4 is 21.4 Å². The van der Waals surface area contributed by atoms with Gasteiger partial charge in [0.05, 0.1) is 0 Å². The van der Waals surface area contributed by atoms with Crippen LogP contribution in [0.1, 0.15) is 105 Å². The molecule has 0 aromatic heterocycles. The van der Waals surface area contributed by atoms with Gasteiger partial charge in [0.15, 0.2) is 0 Å². The van der Waals surface area contributed by atoms with Crippen molar-refractivity contribution < 1.29 is 9.05 Å². The summed E-state index contributed by atoms with van der Waals surface area (Å²) in [6.07, 6.45) is 0. The van der Waals surface area contributed by atoms with Gasteiger partial charge in [-0.05, 0) is 44.9 Å². The average Bonchev–Trinajstić information content (AvgIpc) is 2.58. The Balaban J connectivity index is 0.00000512. The number of hydrogen-bond acceptors (Lipinski definition) is 2. The first-order valence-corrected chi connectivity index (χ1v) is 12.0. The lowest BCUT2D eigenvalue weighted by Gasteiger charge is -2.28. The van der Waals surface area contributed by atoms with Gasteiger partial charge in [0.1, 0.15) is 11.5 Å². The van der Waals surface area contributed by atoms with Crippen LogP contribution in [0, 0.1) is 0 Å². The molecule has 0 unspecified atom stereocenters. The monoisotopic (exact) mass is 477 g/mol. The van der Waals surface area contributed by atoms with Crippen LogP contribution >= 0.6 is 21.4 Å². The third kappa shape index (κ3) is 7.39. The number of rotatable bonds is 4. The van der Waals surface area contributed by atoms with E-state index in [-0.39, 0.29) is 34.1 Å². The smallest absolute Gasteiger partial charge is 0.405 e. The van der Waals surface area contributed by atoms with E-state index in [0.29, 0.717) is 9.03 Å². The van der Waals surface area contributed by atoms with E-state index in [2.05, 4.69) is 119 Å². The van der Waals surface area contributed by atoms with Gasteiger partial charge in [-0.2, -0.15) is 0 Å². The van der Waals surface area contributed by atoms with Crippen molar-refractivity contribution in [2.24, 2.45) is 0 Å². The van der Waals surface area contributed by atoms with E-state index >= 15 is 0 Å². The van der Waals surface area contributed by atoms with Crippen LogP contribution in [0.25, 0.3) is 0 Å². The van der Waals surface area contributed by atoms with Crippen molar-refractivity contribution in [3.05, 3.63) is 58.7 Å². The molecule has 0 saturated carbocycles. The first kappa shape index (κ1) is 28.8. The summed E-state index contributed by atoms with van der Waals surface area (Å²) in [6, 6.07) is 13.1. The second-order valence-electron chi connectivity index (χ2n) is 12.7.